The van der Waals surface area contributed by atoms with Crippen molar-refractivity contribution in [2.75, 3.05) is 6.54 Å². The van der Waals surface area contributed by atoms with Crippen LogP contribution in [0.25, 0.3) is 21.5 Å². The number of carbonyl (C=O) groups is 2. The lowest BCUT2D eigenvalue weighted by Gasteiger charge is -2.23. The van der Waals surface area contributed by atoms with Crippen LogP contribution in [0.3, 0.4) is 0 Å². The minimum absolute atomic E-state index is 0.0157. The Bertz CT molecular complexity index is 1570. The van der Waals surface area contributed by atoms with E-state index in [0.717, 1.165) is 41.8 Å². The average Bonchev–Trinajstić information content (AvgIpc) is 2.92. The summed E-state index contributed by atoms with van der Waals surface area (Å²) >= 11 is 2.02. The third-order valence-corrected chi connectivity index (χ3v) is 9.55. The molecule has 6 nitrogen and oxygen atoms in total. The SMILES string of the molecule is O=C(NCC1CCCCC1)c1cc2ccccc2cc1C(=O)C(c1c(I)ccc2ccccc12)P(=O)(O)O. The second-order valence-corrected chi connectivity index (χ2v) is 12.9. The van der Waals surface area contributed by atoms with Crippen LogP contribution in [0.15, 0.2) is 72.8 Å². The van der Waals surface area contributed by atoms with Gasteiger partial charge in [-0.25, -0.2) is 0 Å². The summed E-state index contributed by atoms with van der Waals surface area (Å²) < 4.78 is 13.6. The van der Waals surface area contributed by atoms with Gasteiger partial charge in [0, 0.05) is 15.7 Å². The largest absolute Gasteiger partial charge is 0.352 e. The number of fused-ring (bicyclic) bond motifs is 2. The van der Waals surface area contributed by atoms with Crippen molar-refractivity contribution < 1.29 is 23.9 Å². The number of carbonyl (C=O) groups excluding carboxylic acids is 2. The molecule has 0 radical (unpaired) electrons. The highest BCUT2D eigenvalue weighted by Gasteiger charge is 2.41. The number of rotatable bonds is 7. The van der Waals surface area contributed by atoms with Gasteiger partial charge in [-0.3, -0.25) is 14.2 Å². The number of nitrogens with one attached hydrogen (secondary N) is 1. The van der Waals surface area contributed by atoms with Crippen LogP contribution >= 0.6 is 30.2 Å². The van der Waals surface area contributed by atoms with Crippen LogP contribution in [0.1, 0.15) is 64.0 Å². The number of Topliss-reactive ketones (excluding diaryl/α,β-unsaturated/α-hetero) is 1. The first-order valence-corrected chi connectivity index (χ1v) is 15.6. The van der Waals surface area contributed by atoms with Crippen molar-refractivity contribution in [1.29, 1.82) is 0 Å². The summed E-state index contributed by atoms with van der Waals surface area (Å²) in [6, 6.07) is 21.5. The molecule has 4 aromatic carbocycles. The van der Waals surface area contributed by atoms with Gasteiger partial charge in [0.05, 0.1) is 5.56 Å². The van der Waals surface area contributed by atoms with Gasteiger partial charge in [0.2, 0.25) is 0 Å². The highest BCUT2D eigenvalue weighted by Crippen LogP contribution is 2.56. The third-order valence-electron chi connectivity index (χ3n) is 7.45. The molecule has 4 aromatic rings. The molecule has 0 saturated heterocycles. The monoisotopic (exact) mass is 641 g/mol. The van der Waals surface area contributed by atoms with Crippen molar-refractivity contribution in [2.45, 2.75) is 37.8 Å². The predicted octanol–water partition coefficient (Wildman–Crippen LogP) is 7.01. The highest BCUT2D eigenvalue weighted by atomic mass is 127. The Balaban J connectivity index is 1.62. The molecule has 3 N–H and O–H groups in total. The van der Waals surface area contributed by atoms with E-state index in [4.69, 9.17) is 0 Å². The smallest absolute Gasteiger partial charge is 0.340 e. The van der Waals surface area contributed by atoms with E-state index >= 15 is 0 Å². The minimum Gasteiger partial charge on any atom is -0.352 e. The van der Waals surface area contributed by atoms with Crippen LogP contribution in [0.5, 0.6) is 0 Å². The Morgan fingerprint density at radius 1 is 0.868 bits per heavy atom. The van der Waals surface area contributed by atoms with Crippen molar-refractivity contribution in [3.05, 3.63) is 93.1 Å². The third kappa shape index (κ3) is 5.57. The molecule has 0 aliphatic heterocycles. The summed E-state index contributed by atoms with van der Waals surface area (Å²) in [4.78, 5) is 48.8. The molecule has 0 aromatic heterocycles. The fraction of sp³-hybridized carbons (Fsp3) is 0.267. The molecule has 0 spiro atoms. The van der Waals surface area contributed by atoms with E-state index in [-0.39, 0.29) is 16.7 Å². The number of amides is 1. The van der Waals surface area contributed by atoms with Gasteiger partial charge in [-0.15, -0.1) is 0 Å². The maximum absolute atomic E-state index is 14.2. The molecular formula is C30H29INO5P. The molecule has 5 rings (SSSR count). The van der Waals surface area contributed by atoms with Gasteiger partial charge in [0.25, 0.3) is 5.91 Å². The number of hydrogen-bond acceptors (Lipinski definition) is 3. The quantitative estimate of drug-likeness (QED) is 0.115. The summed E-state index contributed by atoms with van der Waals surface area (Å²) in [5.41, 5.74) is -1.31. The standard InChI is InChI=1S/C30H29INO5P/c31-26-15-14-20-10-6-7-13-23(20)27(26)29(38(35,36)37)28(33)24-16-21-11-4-5-12-22(21)17-25(24)30(34)32-18-19-8-2-1-3-9-19/h4-7,10-17,19,29H,1-3,8-9,18H2,(H,32,34)(H2,35,36,37). The van der Waals surface area contributed by atoms with Crippen LogP contribution in [0.2, 0.25) is 0 Å². The maximum atomic E-state index is 14.2. The first-order valence-electron chi connectivity index (χ1n) is 12.8. The van der Waals surface area contributed by atoms with Crippen LogP contribution in [0, 0.1) is 9.49 Å². The number of halogens is 1. The van der Waals surface area contributed by atoms with Gasteiger partial charge in [0.1, 0.15) is 0 Å². The highest BCUT2D eigenvalue weighted by molar-refractivity contribution is 14.1. The fourth-order valence-corrected chi connectivity index (χ4v) is 7.59. The molecule has 1 unspecified atom stereocenters. The molecule has 0 heterocycles. The first kappa shape index (κ1) is 27.0. The predicted molar refractivity (Wildman–Crippen MR) is 159 cm³/mol. The number of ketones is 1. The van der Waals surface area contributed by atoms with Crippen LogP contribution in [-0.2, 0) is 4.57 Å². The Labute approximate surface area is 235 Å². The minimum atomic E-state index is -4.98. The topological polar surface area (TPSA) is 104 Å². The zero-order chi connectivity index (χ0) is 26.9. The molecule has 8 heteroatoms. The molecule has 1 atom stereocenters. The molecule has 1 aliphatic rings. The van der Waals surface area contributed by atoms with Crippen LogP contribution in [0.4, 0.5) is 0 Å². The van der Waals surface area contributed by atoms with E-state index in [1.54, 1.807) is 30.3 Å². The van der Waals surface area contributed by atoms with Crippen LogP contribution < -0.4 is 5.32 Å². The van der Waals surface area contributed by atoms with Gasteiger partial charge in [-0.2, -0.15) is 0 Å². The number of benzene rings is 4. The molecular weight excluding hydrogens is 612 g/mol. The van der Waals surface area contributed by atoms with E-state index < -0.39 is 24.9 Å². The van der Waals surface area contributed by atoms with Crippen molar-refractivity contribution in [1.82, 2.24) is 5.32 Å². The Morgan fingerprint density at radius 2 is 1.47 bits per heavy atom. The normalized spacial score (nSPS) is 15.4. The lowest BCUT2D eigenvalue weighted by atomic mass is 9.89. The molecule has 1 saturated carbocycles. The maximum Gasteiger partial charge on any atom is 0.340 e. The lowest BCUT2D eigenvalue weighted by Crippen LogP contribution is -2.31. The van der Waals surface area contributed by atoms with Crippen molar-refractivity contribution >= 4 is 63.4 Å². The average molecular weight is 641 g/mol. The van der Waals surface area contributed by atoms with Crippen molar-refractivity contribution in [3.8, 4) is 0 Å². The summed E-state index contributed by atoms with van der Waals surface area (Å²) in [5.74, 6) is -0.768. The van der Waals surface area contributed by atoms with E-state index in [2.05, 4.69) is 5.32 Å². The first-order chi connectivity index (χ1) is 18.2. The fourth-order valence-electron chi connectivity index (χ4n) is 5.50. The second-order valence-electron chi connectivity index (χ2n) is 10.00. The second kappa shape index (κ2) is 11.3. The lowest BCUT2D eigenvalue weighted by molar-refractivity contribution is 0.0922. The molecule has 196 valence electrons. The van der Waals surface area contributed by atoms with Crippen molar-refractivity contribution in [2.24, 2.45) is 5.92 Å². The van der Waals surface area contributed by atoms with Gasteiger partial charge in [-0.05, 0) is 86.7 Å². The van der Waals surface area contributed by atoms with Crippen LogP contribution in [-0.4, -0.2) is 28.0 Å². The van der Waals surface area contributed by atoms with E-state index in [9.17, 15) is 23.9 Å². The van der Waals surface area contributed by atoms with E-state index in [0.29, 0.717) is 21.4 Å². The summed E-state index contributed by atoms with van der Waals surface area (Å²) in [6.07, 6.45) is 5.62. The Morgan fingerprint density at radius 3 is 2.13 bits per heavy atom. The zero-order valence-corrected chi connectivity index (χ0v) is 23.8. The van der Waals surface area contributed by atoms with E-state index in [1.165, 1.54) is 6.42 Å². The molecule has 1 fully saturated rings. The van der Waals surface area contributed by atoms with Crippen molar-refractivity contribution in [3.63, 3.8) is 0 Å². The van der Waals surface area contributed by atoms with Gasteiger partial charge in [-0.1, -0.05) is 73.9 Å². The summed E-state index contributed by atoms with van der Waals surface area (Å²) in [6.45, 7) is 0.516. The molecule has 0 bridgehead atoms. The van der Waals surface area contributed by atoms with Gasteiger partial charge in [0.15, 0.2) is 11.4 Å². The molecule has 1 amide bonds. The van der Waals surface area contributed by atoms with Gasteiger partial charge < -0.3 is 15.1 Å². The van der Waals surface area contributed by atoms with Gasteiger partial charge >= 0.3 is 7.60 Å². The number of hydrogen-bond donors (Lipinski definition) is 3. The zero-order valence-electron chi connectivity index (χ0n) is 20.8. The van der Waals surface area contributed by atoms with E-state index in [1.807, 2.05) is 65.1 Å². The summed E-state index contributed by atoms with van der Waals surface area (Å²) in [7, 11) is -4.98. The molecule has 1 aliphatic carbocycles. The Kier molecular flexibility index (Phi) is 8.00. The Hall–Kier alpha value is -2.58. The summed E-state index contributed by atoms with van der Waals surface area (Å²) in [5, 5.41) is 5.87. The molecule has 38 heavy (non-hydrogen) atoms.